The van der Waals surface area contributed by atoms with Gasteiger partial charge in [0.2, 0.25) is 0 Å². The van der Waals surface area contributed by atoms with Gasteiger partial charge in [-0.1, -0.05) is 0 Å². The molecule has 1 heterocycles. The molecule has 82 valence electrons. The van der Waals surface area contributed by atoms with E-state index in [1.165, 1.54) is 12.8 Å². The number of aliphatic hydroxyl groups excluding tert-OH is 1. The molecule has 1 aliphatic rings. The van der Waals surface area contributed by atoms with Gasteiger partial charge in [-0.25, -0.2) is 0 Å². The molecular formula is C11H17N3O. The van der Waals surface area contributed by atoms with E-state index in [0.29, 0.717) is 11.1 Å². The van der Waals surface area contributed by atoms with Crippen molar-refractivity contribution < 1.29 is 5.11 Å². The lowest BCUT2D eigenvalue weighted by molar-refractivity contribution is 0.253. The summed E-state index contributed by atoms with van der Waals surface area (Å²) in [4.78, 5) is 3.94. The first-order chi connectivity index (χ1) is 7.26. The molecule has 4 heteroatoms. The molecule has 1 aromatic heterocycles. The number of hydrogen-bond donors (Lipinski definition) is 3. The maximum atomic E-state index is 8.93. The first-order valence-electron chi connectivity index (χ1n) is 5.30. The van der Waals surface area contributed by atoms with Crippen LogP contribution in [0.15, 0.2) is 18.5 Å². The van der Waals surface area contributed by atoms with Crippen LogP contribution < -0.4 is 11.1 Å². The molecule has 2 rings (SSSR count). The van der Waals surface area contributed by atoms with Gasteiger partial charge < -0.3 is 16.2 Å². The highest BCUT2D eigenvalue weighted by molar-refractivity contribution is 5.64. The van der Waals surface area contributed by atoms with Crippen molar-refractivity contribution in [2.45, 2.75) is 19.3 Å². The number of nitrogens with two attached hydrogens (primary N) is 1. The number of aliphatic hydroxyl groups is 1. The Balaban J connectivity index is 1.91. The van der Waals surface area contributed by atoms with E-state index in [9.17, 15) is 0 Å². The molecule has 0 amide bonds. The van der Waals surface area contributed by atoms with Crippen molar-refractivity contribution in [2.75, 3.05) is 24.2 Å². The maximum absolute atomic E-state index is 8.93. The predicted molar refractivity (Wildman–Crippen MR) is 60.5 cm³/mol. The van der Waals surface area contributed by atoms with Crippen molar-refractivity contribution in [2.24, 2.45) is 5.41 Å². The summed E-state index contributed by atoms with van der Waals surface area (Å²) < 4.78 is 0. The topological polar surface area (TPSA) is 71.2 Å². The second-order valence-corrected chi connectivity index (χ2v) is 4.29. The van der Waals surface area contributed by atoms with Crippen molar-refractivity contribution in [3.8, 4) is 0 Å². The van der Waals surface area contributed by atoms with Crippen LogP contribution in [0.3, 0.4) is 0 Å². The Hall–Kier alpha value is -1.29. The highest BCUT2D eigenvalue weighted by Crippen LogP contribution is 2.48. The molecule has 0 radical (unpaired) electrons. The Labute approximate surface area is 89.5 Å². The van der Waals surface area contributed by atoms with Gasteiger partial charge in [0.15, 0.2) is 0 Å². The zero-order valence-electron chi connectivity index (χ0n) is 8.74. The normalized spacial score (nSPS) is 17.4. The molecule has 1 saturated carbocycles. The Morgan fingerprint density at radius 1 is 1.53 bits per heavy atom. The molecule has 1 fully saturated rings. The number of hydrogen-bond acceptors (Lipinski definition) is 4. The van der Waals surface area contributed by atoms with E-state index in [1.807, 2.05) is 6.07 Å². The second kappa shape index (κ2) is 4.06. The summed E-state index contributed by atoms with van der Waals surface area (Å²) in [6, 6.07) is 1.88. The Bertz CT molecular complexity index is 336. The average molecular weight is 207 g/mol. The van der Waals surface area contributed by atoms with Crippen LogP contribution in [0.1, 0.15) is 19.3 Å². The zero-order chi connectivity index (χ0) is 10.7. The summed E-state index contributed by atoms with van der Waals surface area (Å²) in [5.74, 6) is 0. The molecule has 0 aliphatic heterocycles. The standard InChI is InChI=1S/C11H17N3O/c12-9-7-13-5-1-10(9)14-8-11(2-3-11)4-6-15/h1,5,7,15H,2-4,6,8,12H2,(H,13,14). The fourth-order valence-corrected chi connectivity index (χ4v) is 1.78. The SMILES string of the molecule is Nc1cnccc1NCC1(CCO)CC1. The van der Waals surface area contributed by atoms with Crippen LogP contribution in [0.2, 0.25) is 0 Å². The summed E-state index contributed by atoms with van der Waals surface area (Å²) in [5.41, 5.74) is 7.70. The third kappa shape index (κ3) is 2.39. The molecular weight excluding hydrogens is 190 g/mol. The van der Waals surface area contributed by atoms with Crippen molar-refractivity contribution in [1.82, 2.24) is 4.98 Å². The molecule has 1 aliphatic carbocycles. The van der Waals surface area contributed by atoms with Gasteiger partial charge in [-0.05, 0) is 30.7 Å². The first-order valence-corrected chi connectivity index (χ1v) is 5.30. The van der Waals surface area contributed by atoms with Crippen molar-refractivity contribution in [3.63, 3.8) is 0 Å². The minimum absolute atomic E-state index is 0.271. The van der Waals surface area contributed by atoms with Gasteiger partial charge in [0, 0.05) is 19.3 Å². The molecule has 0 unspecified atom stereocenters. The lowest BCUT2D eigenvalue weighted by atomic mass is 10.0. The molecule has 0 spiro atoms. The van der Waals surface area contributed by atoms with Crippen LogP contribution in [-0.2, 0) is 0 Å². The van der Waals surface area contributed by atoms with E-state index in [0.717, 1.165) is 18.7 Å². The summed E-state index contributed by atoms with van der Waals surface area (Å²) >= 11 is 0. The minimum atomic E-state index is 0.271. The Morgan fingerprint density at radius 3 is 2.93 bits per heavy atom. The van der Waals surface area contributed by atoms with Crippen LogP contribution in [0.5, 0.6) is 0 Å². The Kier molecular flexibility index (Phi) is 2.77. The van der Waals surface area contributed by atoms with E-state index >= 15 is 0 Å². The van der Waals surface area contributed by atoms with E-state index in [4.69, 9.17) is 10.8 Å². The fraction of sp³-hybridized carbons (Fsp3) is 0.545. The number of nitrogens with zero attached hydrogens (tertiary/aromatic N) is 1. The number of nitrogen functional groups attached to an aromatic ring is 1. The monoisotopic (exact) mass is 207 g/mol. The second-order valence-electron chi connectivity index (χ2n) is 4.29. The molecule has 0 atom stereocenters. The maximum Gasteiger partial charge on any atom is 0.0736 e. The smallest absolute Gasteiger partial charge is 0.0736 e. The minimum Gasteiger partial charge on any atom is -0.396 e. The summed E-state index contributed by atoms with van der Waals surface area (Å²) in [7, 11) is 0. The van der Waals surface area contributed by atoms with Gasteiger partial charge in [0.25, 0.3) is 0 Å². The average Bonchev–Trinajstić information content (AvgIpc) is 2.98. The van der Waals surface area contributed by atoms with Crippen LogP contribution in [0.25, 0.3) is 0 Å². The van der Waals surface area contributed by atoms with Gasteiger partial charge in [-0.3, -0.25) is 4.98 Å². The summed E-state index contributed by atoms with van der Waals surface area (Å²) in [6.07, 6.45) is 6.65. The fourth-order valence-electron chi connectivity index (χ4n) is 1.78. The number of rotatable bonds is 5. The highest BCUT2D eigenvalue weighted by Gasteiger charge is 2.41. The first kappa shape index (κ1) is 10.2. The number of nitrogens with one attached hydrogen (secondary N) is 1. The van der Waals surface area contributed by atoms with E-state index in [2.05, 4.69) is 10.3 Å². The third-order valence-electron chi connectivity index (χ3n) is 3.10. The van der Waals surface area contributed by atoms with Crippen LogP contribution >= 0.6 is 0 Å². The van der Waals surface area contributed by atoms with Crippen molar-refractivity contribution in [3.05, 3.63) is 18.5 Å². The molecule has 0 aromatic carbocycles. The van der Waals surface area contributed by atoms with Gasteiger partial charge in [0.1, 0.15) is 0 Å². The van der Waals surface area contributed by atoms with Crippen LogP contribution in [-0.4, -0.2) is 23.2 Å². The molecule has 4 nitrogen and oxygen atoms in total. The quantitative estimate of drug-likeness (QED) is 0.679. The van der Waals surface area contributed by atoms with Crippen LogP contribution in [0.4, 0.5) is 11.4 Å². The third-order valence-corrected chi connectivity index (χ3v) is 3.10. The predicted octanol–water partition coefficient (Wildman–Crippen LogP) is 1.24. The van der Waals surface area contributed by atoms with Gasteiger partial charge in [-0.2, -0.15) is 0 Å². The number of aromatic nitrogens is 1. The Morgan fingerprint density at radius 2 is 2.33 bits per heavy atom. The molecule has 0 saturated heterocycles. The lowest BCUT2D eigenvalue weighted by Gasteiger charge is -2.16. The van der Waals surface area contributed by atoms with E-state index in [-0.39, 0.29) is 6.61 Å². The highest BCUT2D eigenvalue weighted by atomic mass is 16.3. The zero-order valence-corrected chi connectivity index (χ0v) is 8.74. The van der Waals surface area contributed by atoms with Gasteiger partial charge in [0.05, 0.1) is 17.6 Å². The van der Waals surface area contributed by atoms with Crippen LogP contribution in [0, 0.1) is 5.41 Å². The van der Waals surface area contributed by atoms with Crippen molar-refractivity contribution in [1.29, 1.82) is 0 Å². The summed E-state index contributed by atoms with van der Waals surface area (Å²) in [6.45, 7) is 1.16. The number of pyridine rings is 1. The molecule has 15 heavy (non-hydrogen) atoms. The summed E-state index contributed by atoms with van der Waals surface area (Å²) in [5, 5.41) is 12.3. The van der Waals surface area contributed by atoms with E-state index < -0.39 is 0 Å². The van der Waals surface area contributed by atoms with Gasteiger partial charge >= 0.3 is 0 Å². The lowest BCUT2D eigenvalue weighted by Crippen LogP contribution is -2.17. The molecule has 1 aromatic rings. The molecule has 0 bridgehead atoms. The van der Waals surface area contributed by atoms with E-state index in [1.54, 1.807) is 12.4 Å². The number of anilines is 2. The molecule has 4 N–H and O–H groups in total. The van der Waals surface area contributed by atoms with Crippen molar-refractivity contribution >= 4 is 11.4 Å². The largest absolute Gasteiger partial charge is 0.396 e. The van der Waals surface area contributed by atoms with Gasteiger partial charge in [-0.15, -0.1) is 0 Å².